The molecule has 2 aromatic rings. The summed E-state index contributed by atoms with van der Waals surface area (Å²) in [4.78, 5) is 16.4. The number of carbonyl (C=O) groups excluding carboxylic acids is 1. The second kappa shape index (κ2) is 5.71. The molecule has 5 nitrogen and oxygen atoms in total. The van der Waals surface area contributed by atoms with Crippen LogP contribution < -0.4 is 5.32 Å². The van der Waals surface area contributed by atoms with Crippen molar-refractivity contribution in [2.45, 2.75) is 19.8 Å². The van der Waals surface area contributed by atoms with Crippen molar-refractivity contribution in [2.24, 2.45) is 7.05 Å². The lowest BCUT2D eigenvalue weighted by Gasteiger charge is -2.10. The Labute approximate surface area is 120 Å². The predicted molar refractivity (Wildman–Crippen MR) is 75.8 cm³/mol. The van der Waals surface area contributed by atoms with Crippen LogP contribution in [-0.4, -0.2) is 27.2 Å². The van der Waals surface area contributed by atoms with Gasteiger partial charge in [0.1, 0.15) is 5.69 Å². The third-order valence-corrected chi connectivity index (χ3v) is 4.21. The average molecular weight is 299 g/mol. The van der Waals surface area contributed by atoms with E-state index in [1.807, 2.05) is 19.2 Å². The minimum Gasteiger partial charge on any atom is -0.350 e. The number of rotatable bonds is 4. The summed E-state index contributed by atoms with van der Waals surface area (Å²) in [6, 6.07) is 0. The topological polar surface area (TPSA) is 59.8 Å². The smallest absolute Gasteiger partial charge is 0.271 e. The second-order valence-corrected chi connectivity index (χ2v) is 5.70. The van der Waals surface area contributed by atoms with Gasteiger partial charge in [-0.25, -0.2) is 4.98 Å². The van der Waals surface area contributed by atoms with Crippen LogP contribution in [-0.2, 0) is 7.05 Å². The van der Waals surface area contributed by atoms with E-state index >= 15 is 0 Å². The van der Waals surface area contributed by atoms with E-state index in [-0.39, 0.29) is 11.8 Å². The van der Waals surface area contributed by atoms with Crippen LogP contribution in [0.25, 0.3) is 0 Å². The first-order valence-electron chi connectivity index (χ1n) is 5.86. The number of thiazole rings is 1. The van der Waals surface area contributed by atoms with E-state index in [9.17, 15) is 4.79 Å². The minimum atomic E-state index is -0.217. The van der Waals surface area contributed by atoms with Gasteiger partial charge in [-0.05, 0) is 6.92 Å². The van der Waals surface area contributed by atoms with E-state index in [0.717, 1.165) is 10.7 Å². The maximum absolute atomic E-state index is 12.0. The molecule has 2 aromatic heterocycles. The standard InChI is InChI=1S/C12H15ClN4OS/c1-7(12-16-8(2)6-19-12)4-14-11(18)10-9(13)5-15-17(10)3/h5-7H,4H2,1-3H3,(H,14,18). The van der Waals surface area contributed by atoms with Crippen molar-refractivity contribution in [2.75, 3.05) is 6.54 Å². The van der Waals surface area contributed by atoms with E-state index in [1.54, 1.807) is 18.4 Å². The molecular weight excluding hydrogens is 284 g/mol. The normalized spacial score (nSPS) is 12.4. The number of amides is 1. The van der Waals surface area contributed by atoms with Crippen molar-refractivity contribution in [1.29, 1.82) is 0 Å². The van der Waals surface area contributed by atoms with Gasteiger partial charge in [-0.3, -0.25) is 9.48 Å². The number of nitrogens with one attached hydrogen (secondary N) is 1. The average Bonchev–Trinajstić information content (AvgIpc) is 2.93. The van der Waals surface area contributed by atoms with Gasteiger partial charge in [-0.15, -0.1) is 11.3 Å². The van der Waals surface area contributed by atoms with Gasteiger partial charge in [-0.1, -0.05) is 18.5 Å². The van der Waals surface area contributed by atoms with E-state index in [0.29, 0.717) is 17.3 Å². The molecule has 2 heterocycles. The second-order valence-electron chi connectivity index (χ2n) is 4.40. The van der Waals surface area contributed by atoms with Crippen LogP contribution in [0.15, 0.2) is 11.6 Å². The number of aryl methyl sites for hydroxylation is 2. The minimum absolute atomic E-state index is 0.176. The molecule has 1 N–H and O–H groups in total. The fraction of sp³-hybridized carbons (Fsp3) is 0.417. The summed E-state index contributed by atoms with van der Waals surface area (Å²) in [5.74, 6) is -0.0419. The molecule has 0 bridgehead atoms. The van der Waals surface area contributed by atoms with Crippen LogP contribution in [0.5, 0.6) is 0 Å². The number of halogens is 1. The fourth-order valence-electron chi connectivity index (χ4n) is 1.68. The molecule has 0 aliphatic carbocycles. The molecule has 19 heavy (non-hydrogen) atoms. The van der Waals surface area contributed by atoms with Gasteiger partial charge >= 0.3 is 0 Å². The number of nitrogens with zero attached hydrogens (tertiary/aromatic N) is 3. The lowest BCUT2D eigenvalue weighted by Crippen LogP contribution is -2.29. The highest BCUT2D eigenvalue weighted by atomic mass is 35.5. The Morgan fingerprint density at radius 3 is 2.89 bits per heavy atom. The highest BCUT2D eigenvalue weighted by Crippen LogP contribution is 2.19. The molecule has 0 aliphatic rings. The third-order valence-electron chi connectivity index (χ3n) is 2.74. The monoisotopic (exact) mass is 298 g/mol. The van der Waals surface area contributed by atoms with Gasteiger partial charge in [0, 0.05) is 30.6 Å². The first-order chi connectivity index (χ1) is 8.99. The van der Waals surface area contributed by atoms with Gasteiger partial charge in [-0.2, -0.15) is 5.10 Å². The Morgan fingerprint density at radius 2 is 2.37 bits per heavy atom. The fourth-order valence-corrected chi connectivity index (χ4v) is 2.79. The van der Waals surface area contributed by atoms with Crippen LogP contribution in [0.1, 0.15) is 34.0 Å². The van der Waals surface area contributed by atoms with E-state index in [4.69, 9.17) is 11.6 Å². The Hall–Kier alpha value is -1.40. The number of hydrogen-bond donors (Lipinski definition) is 1. The summed E-state index contributed by atoms with van der Waals surface area (Å²) in [5, 5.41) is 10.2. The van der Waals surface area contributed by atoms with Crippen LogP contribution in [0.2, 0.25) is 5.02 Å². The molecule has 0 saturated heterocycles. The van der Waals surface area contributed by atoms with Gasteiger partial charge in [0.15, 0.2) is 0 Å². The lowest BCUT2D eigenvalue weighted by molar-refractivity contribution is 0.0942. The van der Waals surface area contributed by atoms with E-state index < -0.39 is 0 Å². The predicted octanol–water partition coefficient (Wildman–Crippen LogP) is 2.37. The SMILES string of the molecule is Cc1csc(C(C)CNC(=O)c2c(Cl)cnn2C)n1. The Bertz CT molecular complexity index is 573. The highest BCUT2D eigenvalue weighted by molar-refractivity contribution is 7.09. The van der Waals surface area contributed by atoms with Gasteiger partial charge in [0.05, 0.1) is 16.2 Å². The quantitative estimate of drug-likeness (QED) is 0.943. The van der Waals surface area contributed by atoms with Crippen LogP contribution >= 0.6 is 22.9 Å². The molecule has 1 amide bonds. The summed E-state index contributed by atoms with van der Waals surface area (Å²) in [6.45, 7) is 4.51. The van der Waals surface area contributed by atoms with Crippen LogP contribution in [0.4, 0.5) is 0 Å². The van der Waals surface area contributed by atoms with E-state index in [1.165, 1.54) is 10.9 Å². The molecule has 2 rings (SSSR count). The van der Waals surface area contributed by atoms with Gasteiger partial charge in [0.2, 0.25) is 0 Å². The first-order valence-corrected chi connectivity index (χ1v) is 7.12. The Morgan fingerprint density at radius 1 is 1.63 bits per heavy atom. The van der Waals surface area contributed by atoms with Gasteiger partial charge < -0.3 is 5.32 Å². The third kappa shape index (κ3) is 3.13. The summed E-state index contributed by atoms with van der Waals surface area (Å²) in [7, 11) is 1.69. The van der Waals surface area contributed by atoms with Crippen LogP contribution in [0.3, 0.4) is 0 Å². The number of carbonyl (C=O) groups is 1. The lowest BCUT2D eigenvalue weighted by atomic mass is 10.2. The molecule has 1 atom stereocenters. The molecule has 0 saturated carbocycles. The van der Waals surface area contributed by atoms with Crippen molar-refractivity contribution in [3.05, 3.63) is 33.0 Å². The molecule has 0 spiro atoms. The Kier molecular flexibility index (Phi) is 4.21. The van der Waals surface area contributed by atoms with Crippen LogP contribution in [0, 0.1) is 6.92 Å². The zero-order valence-corrected chi connectivity index (χ0v) is 12.5. The van der Waals surface area contributed by atoms with Gasteiger partial charge in [0.25, 0.3) is 5.91 Å². The Balaban J connectivity index is 1.97. The molecule has 7 heteroatoms. The van der Waals surface area contributed by atoms with Crippen molar-refractivity contribution in [3.63, 3.8) is 0 Å². The molecular formula is C12H15ClN4OS. The van der Waals surface area contributed by atoms with Crippen molar-refractivity contribution < 1.29 is 4.79 Å². The summed E-state index contributed by atoms with van der Waals surface area (Å²) in [6.07, 6.45) is 1.46. The first kappa shape index (κ1) is 14.0. The molecule has 102 valence electrons. The maximum atomic E-state index is 12.0. The number of aromatic nitrogens is 3. The summed E-state index contributed by atoms with van der Waals surface area (Å²) < 4.78 is 1.47. The maximum Gasteiger partial charge on any atom is 0.271 e. The molecule has 0 fully saturated rings. The van der Waals surface area contributed by atoms with Crippen molar-refractivity contribution in [1.82, 2.24) is 20.1 Å². The highest BCUT2D eigenvalue weighted by Gasteiger charge is 2.17. The summed E-state index contributed by atoms with van der Waals surface area (Å²) >= 11 is 7.53. The summed E-state index contributed by atoms with van der Waals surface area (Å²) in [5.41, 5.74) is 1.39. The largest absolute Gasteiger partial charge is 0.350 e. The number of hydrogen-bond acceptors (Lipinski definition) is 4. The van der Waals surface area contributed by atoms with E-state index in [2.05, 4.69) is 15.4 Å². The van der Waals surface area contributed by atoms with Crippen molar-refractivity contribution >= 4 is 28.8 Å². The molecule has 0 radical (unpaired) electrons. The van der Waals surface area contributed by atoms with Crippen molar-refractivity contribution in [3.8, 4) is 0 Å². The zero-order valence-electron chi connectivity index (χ0n) is 11.0. The molecule has 0 aromatic carbocycles. The zero-order chi connectivity index (χ0) is 14.0. The molecule has 0 aliphatic heterocycles. The molecule has 1 unspecified atom stereocenters.